The van der Waals surface area contributed by atoms with Gasteiger partial charge in [0.2, 0.25) is 5.91 Å². The molecule has 0 aromatic heterocycles. The minimum Gasteiger partial charge on any atom is -0.491 e. The van der Waals surface area contributed by atoms with Crippen molar-refractivity contribution in [3.05, 3.63) is 89.5 Å². The van der Waals surface area contributed by atoms with Gasteiger partial charge in [0.15, 0.2) is 0 Å². The number of nitrogens with one attached hydrogen (secondary N) is 1. The van der Waals surface area contributed by atoms with Crippen molar-refractivity contribution in [3.63, 3.8) is 0 Å². The molecule has 0 heterocycles. The molecule has 0 radical (unpaired) electrons. The molecule has 0 saturated carbocycles. The van der Waals surface area contributed by atoms with Crippen molar-refractivity contribution in [1.82, 2.24) is 5.32 Å². The number of anilines is 1. The van der Waals surface area contributed by atoms with Gasteiger partial charge in [0.25, 0.3) is 10.0 Å². The Balaban J connectivity index is 1.76. The van der Waals surface area contributed by atoms with E-state index < -0.39 is 34.2 Å². The first kappa shape index (κ1) is 26.1. The lowest BCUT2D eigenvalue weighted by Crippen LogP contribution is -2.42. The van der Waals surface area contributed by atoms with Crippen molar-refractivity contribution < 1.29 is 31.1 Å². The van der Waals surface area contributed by atoms with Gasteiger partial charge in [-0.15, -0.1) is 0 Å². The van der Waals surface area contributed by atoms with E-state index in [1.54, 1.807) is 6.07 Å². The molecule has 1 N–H and O–H groups in total. The van der Waals surface area contributed by atoms with E-state index >= 15 is 0 Å². The first-order chi connectivity index (χ1) is 16.5. The second-order valence-corrected chi connectivity index (χ2v) is 9.70. The number of sulfonamides is 1. The summed E-state index contributed by atoms with van der Waals surface area (Å²) in [6.45, 7) is 3.35. The maximum atomic E-state index is 13.2. The quantitative estimate of drug-likeness (QED) is 0.427. The van der Waals surface area contributed by atoms with Crippen LogP contribution in [0.2, 0.25) is 0 Å². The number of rotatable bonds is 9. The van der Waals surface area contributed by atoms with E-state index in [0.29, 0.717) is 16.1 Å². The molecule has 1 amide bonds. The van der Waals surface area contributed by atoms with E-state index in [2.05, 4.69) is 5.32 Å². The summed E-state index contributed by atoms with van der Waals surface area (Å²) >= 11 is 0. The van der Waals surface area contributed by atoms with Gasteiger partial charge in [-0.05, 0) is 55.8 Å². The van der Waals surface area contributed by atoms with Gasteiger partial charge in [-0.2, -0.15) is 13.2 Å². The topological polar surface area (TPSA) is 75.7 Å². The summed E-state index contributed by atoms with van der Waals surface area (Å²) in [5.74, 6) is -0.0340. The van der Waals surface area contributed by atoms with Gasteiger partial charge < -0.3 is 10.1 Å². The zero-order chi connectivity index (χ0) is 25.6. The smallest absolute Gasteiger partial charge is 0.416 e. The number of hydrogen-bond acceptors (Lipinski definition) is 4. The zero-order valence-corrected chi connectivity index (χ0v) is 20.0. The van der Waals surface area contributed by atoms with Crippen LogP contribution in [-0.2, 0) is 21.0 Å². The molecule has 0 aliphatic rings. The fourth-order valence-electron chi connectivity index (χ4n) is 3.37. The van der Waals surface area contributed by atoms with Gasteiger partial charge in [0, 0.05) is 0 Å². The number of aryl methyl sites for hydroxylation is 2. The number of carbonyl (C=O) groups is 1. The Labute approximate surface area is 202 Å². The lowest BCUT2D eigenvalue weighted by molar-refractivity contribution is -0.137. The minimum absolute atomic E-state index is 0.0773. The molecule has 35 heavy (non-hydrogen) atoms. The van der Waals surface area contributed by atoms with Gasteiger partial charge in [0.05, 0.1) is 22.7 Å². The molecule has 0 aliphatic heterocycles. The molecule has 0 spiro atoms. The van der Waals surface area contributed by atoms with E-state index in [-0.39, 0.29) is 23.7 Å². The molecule has 0 aliphatic carbocycles. The Bertz CT molecular complexity index is 1280. The van der Waals surface area contributed by atoms with Crippen molar-refractivity contribution in [2.45, 2.75) is 24.9 Å². The van der Waals surface area contributed by atoms with E-state index in [1.165, 1.54) is 30.3 Å². The van der Waals surface area contributed by atoms with Crippen LogP contribution in [0, 0.1) is 13.8 Å². The van der Waals surface area contributed by atoms with Crippen molar-refractivity contribution in [2.75, 3.05) is 24.0 Å². The number of halogens is 3. The Morgan fingerprint density at radius 3 is 2.34 bits per heavy atom. The first-order valence-corrected chi connectivity index (χ1v) is 12.1. The van der Waals surface area contributed by atoms with Crippen molar-refractivity contribution in [1.29, 1.82) is 0 Å². The van der Waals surface area contributed by atoms with Gasteiger partial charge in [-0.25, -0.2) is 8.42 Å². The summed E-state index contributed by atoms with van der Waals surface area (Å²) in [4.78, 5) is 12.5. The highest BCUT2D eigenvalue weighted by Crippen LogP contribution is 2.33. The SMILES string of the molecule is Cc1ccc(OCCNC(=O)CN(c2cccc(C(F)(F)F)c2)S(=O)(=O)c2ccccc2)c(C)c1. The van der Waals surface area contributed by atoms with Crippen LogP contribution in [0.5, 0.6) is 5.75 Å². The largest absolute Gasteiger partial charge is 0.491 e. The van der Waals surface area contributed by atoms with Crippen molar-refractivity contribution >= 4 is 21.6 Å². The summed E-state index contributed by atoms with van der Waals surface area (Å²) in [6, 6.07) is 16.7. The molecule has 0 bridgehead atoms. The van der Waals surface area contributed by atoms with Gasteiger partial charge in [0.1, 0.15) is 18.9 Å². The van der Waals surface area contributed by atoms with Crippen molar-refractivity contribution in [2.24, 2.45) is 0 Å². The average molecular weight is 507 g/mol. The second kappa shape index (κ2) is 10.8. The molecule has 3 rings (SSSR count). The third kappa shape index (κ3) is 6.75. The molecule has 3 aromatic rings. The van der Waals surface area contributed by atoms with Crippen LogP contribution in [0.15, 0.2) is 77.7 Å². The van der Waals surface area contributed by atoms with Crippen LogP contribution in [0.25, 0.3) is 0 Å². The molecule has 3 aromatic carbocycles. The third-order valence-corrected chi connectivity index (χ3v) is 6.88. The fraction of sp³-hybridized carbons (Fsp3) is 0.240. The Morgan fingerprint density at radius 2 is 1.69 bits per heavy atom. The number of amides is 1. The van der Waals surface area contributed by atoms with Crippen molar-refractivity contribution in [3.8, 4) is 5.75 Å². The van der Waals surface area contributed by atoms with Crippen LogP contribution < -0.4 is 14.4 Å². The Hall–Kier alpha value is -3.53. The van der Waals surface area contributed by atoms with Crippen LogP contribution in [0.4, 0.5) is 18.9 Å². The highest BCUT2D eigenvalue weighted by atomic mass is 32.2. The number of nitrogens with zero attached hydrogens (tertiary/aromatic N) is 1. The molecular weight excluding hydrogens is 481 g/mol. The lowest BCUT2D eigenvalue weighted by atomic mass is 10.1. The Kier molecular flexibility index (Phi) is 8.06. The van der Waals surface area contributed by atoms with Crippen LogP contribution >= 0.6 is 0 Å². The number of ether oxygens (including phenoxy) is 1. The summed E-state index contributed by atoms with van der Waals surface area (Å²) in [5.41, 5.74) is 0.717. The summed E-state index contributed by atoms with van der Waals surface area (Å²) < 4.78 is 72.6. The number of benzene rings is 3. The van der Waals surface area contributed by atoms with E-state index in [4.69, 9.17) is 4.74 Å². The predicted molar refractivity (Wildman–Crippen MR) is 127 cm³/mol. The monoisotopic (exact) mass is 506 g/mol. The van der Waals surface area contributed by atoms with Gasteiger partial charge in [-0.3, -0.25) is 9.10 Å². The third-order valence-electron chi connectivity index (χ3n) is 5.09. The minimum atomic E-state index is -4.67. The van der Waals surface area contributed by atoms with Crippen LogP contribution in [0.1, 0.15) is 16.7 Å². The summed E-state index contributed by atoms with van der Waals surface area (Å²) in [6.07, 6.45) is -4.67. The summed E-state index contributed by atoms with van der Waals surface area (Å²) in [7, 11) is -4.32. The summed E-state index contributed by atoms with van der Waals surface area (Å²) in [5, 5.41) is 2.56. The van der Waals surface area contributed by atoms with Gasteiger partial charge in [-0.1, -0.05) is 42.0 Å². The van der Waals surface area contributed by atoms with Crippen LogP contribution in [0.3, 0.4) is 0 Å². The highest BCUT2D eigenvalue weighted by Gasteiger charge is 2.33. The fourth-order valence-corrected chi connectivity index (χ4v) is 4.81. The van der Waals surface area contributed by atoms with Gasteiger partial charge >= 0.3 is 6.18 Å². The highest BCUT2D eigenvalue weighted by molar-refractivity contribution is 7.92. The van der Waals surface area contributed by atoms with E-state index in [0.717, 1.165) is 23.3 Å². The normalized spacial score (nSPS) is 11.7. The zero-order valence-electron chi connectivity index (χ0n) is 19.2. The first-order valence-electron chi connectivity index (χ1n) is 10.7. The molecule has 0 unspecified atom stereocenters. The van der Waals surface area contributed by atoms with Crippen LogP contribution in [-0.4, -0.2) is 34.0 Å². The number of hydrogen-bond donors (Lipinski definition) is 1. The lowest BCUT2D eigenvalue weighted by Gasteiger charge is -2.25. The molecular formula is C25H25F3N2O4S. The Morgan fingerprint density at radius 1 is 0.971 bits per heavy atom. The average Bonchev–Trinajstić information content (AvgIpc) is 2.81. The maximum absolute atomic E-state index is 13.2. The number of alkyl halides is 3. The molecule has 0 fully saturated rings. The van der Waals surface area contributed by atoms with E-state index in [1.807, 2.05) is 32.0 Å². The predicted octanol–water partition coefficient (Wildman–Crippen LogP) is 4.71. The van der Waals surface area contributed by atoms with E-state index in [9.17, 15) is 26.4 Å². The maximum Gasteiger partial charge on any atom is 0.416 e. The molecule has 0 atom stereocenters. The molecule has 0 saturated heterocycles. The molecule has 186 valence electrons. The number of carbonyl (C=O) groups excluding carboxylic acids is 1. The second-order valence-electron chi connectivity index (χ2n) is 7.84. The standard InChI is InChI=1S/C25H25F3N2O4S/c1-18-11-12-23(19(2)15-18)34-14-13-29-24(31)17-30(35(32,33)22-9-4-3-5-10-22)21-8-6-7-20(16-21)25(26,27)28/h3-12,15-16H,13-14,17H2,1-2H3,(H,29,31). The molecule has 10 heteroatoms. The molecule has 6 nitrogen and oxygen atoms in total.